The molecule has 0 aliphatic rings. The molecule has 0 amide bonds. The van der Waals surface area contributed by atoms with E-state index in [-0.39, 0.29) is 30.6 Å². The lowest BCUT2D eigenvalue weighted by molar-refractivity contribution is -0.158. The quantitative estimate of drug-likeness (QED) is 0.406. The van der Waals surface area contributed by atoms with Gasteiger partial charge in [0.2, 0.25) is 0 Å². The molecule has 4 heteroatoms. The number of carbonyl (C=O) groups is 2. The van der Waals surface area contributed by atoms with E-state index in [9.17, 15) is 9.59 Å². The van der Waals surface area contributed by atoms with Gasteiger partial charge in [0.05, 0.1) is 5.41 Å². The van der Waals surface area contributed by atoms with Gasteiger partial charge in [-0.15, -0.1) is 0 Å². The molecule has 0 atom stereocenters. The molecule has 0 N–H and O–H groups in total. The molecule has 0 rings (SSSR count). The number of hydrogen-bond donors (Lipinski definition) is 0. The Morgan fingerprint density at radius 3 is 1.95 bits per heavy atom. The molecule has 0 aliphatic heterocycles. The van der Waals surface area contributed by atoms with E-state index in [0.29, 0.717) is 5.57 Å². The number of carbonyl (C=O) groups excluding carboxylic acids is 2. The Morgan fingerprint density at radius 1 is 0.952 bits per heavy atom. The van der Waals surface area contributed by atoms with Crippen molar-refractivity contribution in [2.24, 2.45) is 10.8 Å². The van der Waals surface area contributed by atoms with Crippen molar-refractivity contribution in [3.05, 3.63) is 11.6 Å². The smallest absolute Gasteiger partial charge is 0.333 e. The van der Waals surface area contributed by atoms with Crippen molar-refractivity contribution in [3.63, 3.8) is 0 Å². The average Bonchev–Trinajstić information content (AvgIpc) is 2.39. The fraction of sp³-hybridized carbons (Fsp3) is 0.765. The molecular formula is C17H30O4. The summed E-state index contributed by atoms with van der Waals surface area (Å²) >= 11 is 0. The van der Waals surface area contributed by atoms with E-state index in [1.807, 2.05) is 13.8 Å². The molecule has 0 unspecified atom stereocenters. The summed E-state index contributed by atoms with van der Waals surface area (Å²) in [5, 5.41) is 0. The van der Waals surface area contributed by atoms with Crippen LogP contribution >= 0.6 is 0 Å². The number of esters is 2. The summed E-state index contributed by atoms with van der Waals surface area (Å²) in [7, 11) is 0. The first-order valence-electron chi connectivity index (χ1n) is 7.47. The fourth-order valence-electron chi connectivity index (χ4n) is 1.49. The second kappa shape index (κ2) is 8.20. The van der Waals surface area contributed by atoms with E-state index >= 15 is 0 Å². The van der Waals surface area contributed by atoms with Crippen molar-refractivity contribution in [1.82, 2.24) is 0 Å². The van der Waals surface area contributed by atoms with Crippen LogP contribution in [0.2, 0.25) is 0 Å². The standard InChI is InChI=1S/C17H30O4/c1-8-13(2)14(18)20-11-12-21-15(19)17(6,7)10-9-16(3,4)5/h8H,9-12H2,1-7H3. The largest absolute Gasteiger partial charge is 0.462 e. The Balaban J connectivity index is 4.11. The first kappa shape index (κ1) is 19.7. The van der Waals surface area contributed by atoms with E-state index in [4.69, 9.17) is 9.47 Å². The molecule has 0 fully saturated rings. The SMILES string of the molecule is CC=C(C)C(=O)OCCOC(=O)C(C)(C)CCC(C)(C)C. The van der Waals surface area contributed by atoms with Crippen molar-refractivity contribution < 1.29 is 19.1 Å². The number of ether oxygens (including phenoxy) is 2. The van der Waals surface area contributed by atoms with Gasteiger partial charge in [0.25, 0.3) is 0 Å². The fourth-order valence-corrected chi connectivity index (χ4v) is 1.49. The molecule has 0 saturated carbocycles. The molecule has 21 heavy (non-hydrogen) atoms. The van der Waals surface area contributed by atoms with Crippen LogP contribution < -0.4 is 0 Å². The lowest BCUT2D eigenvalue weighted by Crippen LogP contribution is -2.29. The third kappa shape index (κ3) is 8.53. The van der Waals surface area contributed by atoms with Crippen LogP contribution in [-0.2, 0) is 19.1 Å². The first-order valence-corrected chi connectivity index (χ1v) is 7.47. The van der Waals surface area contributed by atoms with Crippen molar-refractivity contribution in [3.8, 4) is 0 Å². The molecule has 4 nitrogen and oxygen atoms in total. The van der Waals surface area contributed by atoms with Gasteiger partial charge >= 0.3 is 11.9 Å². The van der Waals surface area contributed by atoms with Crippen LogP contribution in [0.15, 0.2) is 11.6 Å². The third-order valence-electron chi connectivity index (χ3n) is 3.36. The minimum Gasteiger partial charge on any atom is -0.462 e. The Kier molecular flexibility index (Phi) is 7.69. The lowest BCUT2D eigenvalue weighted by Gasteiger charge is -2.27. The maximum Gasteiger partial charge on any atom is 0.333 e. The van der Waals surface area contributed by atoms with Crippen LogP contribution in [0.5, 0.6) is 0 Å². The van der Waals surface area contributed by atoms with Gasteiger partial charge in [0.1, 0.15) is 13.2 Å². The molecule has 0 aromatic rings. The second-order valence-electron chi connectivity index (χ2n) is 7.19. The van der Waals surface area contributed by atoms with Gasteiger partial charge in [-0.25, -0.2) is 4.79 Å². The van der Waals surface area contributed by atoms with Gasteiger partial charge in [-0.2, -0.15) is 0 Å². The summed E-state index contributed by atoms with van der Waals surface area (Å²) in [6.07, 6.45) is 3.40. The van der Waals surface area contributed by atoms with Gasteiger partial charge in [-0.05, 0) is 46.0 Å². The summed E-state index contributed by atoms with van der Waals surface area (Å²) in [6.45, 7) is 13.9. The summed E-state index contributed by atoms with van der Waals surface area (Å²) in [6, 6.07) is 0. The maximum atomic E-state index is 12.0. The molecule has 0 aromatic heterocycles. The van der Waals surface area contributed by atoms with E-state index < -0.39 is 5.41 Å². The highest BCUT2D eigenvalue weighted by atomic mass is 16.6. The van der Waals surface area contributed by atoms with Gasteiger partial charge < -0.3 is 9.47 Å². The van der Waals surface area contributed by atoms with E-state index in [2.05, 4.69) is 20.8 Å². The molecular weight excluding hydrogens is 268 g/mol. The predicted molar refractivity (Wildman–Crippen MR) is 83.8 cm³/mol. The summed E-state index contributed by atoms with van der Waals surface area (Å²) < 4.78 is 10.2. The highest BCUT2D eigenvalue weighted by Gasteiger charge is 2.30. The Hall–Kier alpha value is -1.32. The first-order chi connectivity index (χ1) is 9.49. The zero-order chi connectivity index (χ0) is 16.7. The number of rotatable bonds is 7. The molecule has 0 aromatic carbocycles. The monoisotopic (exact) mass is 298 g/mol. The minimum atomic E-state index is -0.517. The van der Waals surface area contributed by atoms with Gasteiger partial charge in [-0.3, -0.25) is 4.79 Å². The van der Waals surface area contributed by atoms with Crippen LogP contribution in [0.3, 0.4) is 0 Å². The summed E-state index contributed by atoms with van der Waals surface area (Å²) in [5.41, 5.74) is 0.222. The normalized spacial score (nSPS) is 13.0. The summed E-state index contributed by atoms with van der Waals surface area (Å²) in [5.74, 6) is -0.619. The summed E-state index contributed by atoms with van der Waals surface area (Å²) in [4.78, 5) is 23.4. The van der Waals surface area contributed by atoms with Crippen molar-refractivity contribution in [2.75, 3.05) is 13.2 Å². The van der Waals surface area contributed by atoms with Gasteiger partial charge in [-0.1, -0.05) is 26.8 Å². The van der Waals surface area contributed by atoms with Crippen LogP contribution in [0.4, 0.5) is 0 Å². The van der Waals surface area contributed by atoms with Crippen LogP contribution in [0.1, 0.15) is 61.3 Å². The second-order valence-corrected chi connectivity index (χ2v) is 7.19. The van der Waals surface area contributed by atoms with Crippen LogP contribution in [0, 0.1) is 10.8 Å². The zero-order valence-corrected chi connectivity index (χ0v) is 14.5. The molecule has 0 bridgehead atoms. The highest BCUT2D eigenvalue weighted by molar-refractivity contribution is 5.87. The van der Waals surface area contributed by atoms with E-state index in [1.54, 1.807) is 19.9 Å². The minimum absolute atomic E-state index is 0.0884. The predicted octanol–water partition coefficient (Wildman–Crippen LogP) is 3.89. The Bertz CT molecular complexity index is 386. The topological polar surface area (TPSA) is 52.6 Å². The number of allylic oxidation sites excluding steroid dienone is 1. The van der Waals surface area contributed by atoms with Crippen LogP contribution in [-0.4, -0.2) is 25.2 Å². The Morgan fingerprint density at radius 2 is 1.48 bits per heavy atom. The molecule has 0 aliphatic carbocycles. The third-order valence-corrected chi connectivity index (χ3v) is 3.36. The molecule has 0 radical (unpaired) electrons. The highest BCUT2D eigenvalue weighted by Crippen LogP contribution is 2.31. The average molecular weight is 298 g/mol. The molecule has 0 spiro atoms. The molecule has 122 valence electrons. The van der Waals surface area contributed by atoms with Crippen molar-refractivity contribution >= 4 is 11.9 Å². The van der Waals surface area contributed by atoms with Crippen molar-refractivity contribution in [2.45, 2.75) is 61.3 Å². The Labute approximate surface area is 128 Å². The van der Waals surface area contributed by atoms with E-state index in [0.717, 1.165) is 12.8 Å². The number of hydrogen-bond acceptors (Lipinski definition) is 4. The van der Waals surface area contributed by atoms with Crippen molar-refractivity contribution in [1.29, 1.82) is 0 Å². The lowest BCUT2D eigenvalue weighted by atomic mass is 9.80. The molecule has 0 saturated heterocycles. The van der Waals surface area contributed by atoms with Crippen LogP contribution in [0.25, 0.3) is 0 Å². The zero-order valence-electron chi connectivity index (χ0n) is 14.5. The maximum absolute atomic E-state index is 12.0. The molecule has 0 heterocycles. The van der Waals surface area contributed by atoms with Gasteiger partial charge in [0, 0.05) is 5.57 Å². The van der Waals surface area contributed by atoms with Gasteiger partial charge in [0.15, 0.2) is 0 Å². The van der Waals surface area contributed by atoms with E-state index in [1.165, 1.54) is 0 Å².